The SMILES string of the molecule is O=C(O)C1CCCN(S(=O)(=O)Nc2cc(F)ccc2Br)C1. The molecule has 0 aliphatic carbocycles. The minimum atomic E-state index is -3.92. The Morgan fingerprint density at radius 1 is 1.48 bits per heavy atom. The van der Waals surface area contributed by atoms with Crippen molar-refractivity contribution in [3.05, 3.63) is 28.5 Å². The first-order valence-corrected chi connectivity index (χ1v) is 8.48. The van der Waals surface area contributed by atoms with Gasteiger partial charge in [0.1, 0.15) is 5.82 Å². The zero-order valence-corrected chi connectivity index (χ0v) is 13.3. The average molecular weight is 381 g/mol. The van der Waals surface area contributed by atoms with Crippen molar-refractivity contribution in [1.82, 2.24) is 4.31 Å². The summed E-state index contributed by atoms with van der Waals surface area (Å²) in [6, 6.07) is 3.65. The molecular formula is C12H14BrFN2O4S. The Labute approximate surface area is 130 Å². The highest BCUT2D eigenvalue weighted by Crippen LogP contribution is 2.26. The molecule has 0 saturated carbocycles. The highest BCUT2D eigenvalue weighted by atomic mass is 79.9. The zero-order chi connectivity index (χ0) is 15.6. The van der Waals surface area contributed by atoms with Gasteiger partial charge in [-0.05, 0) is 47.0 Å². The van der Waals surface area contributed by atoms with Crippen LogP contribution in [-0.2, 0) is 15.0 Å². The number of halogens is 2. The number of anilines is 1. The lowest BCUT2D eigenvalue weighted by atomic mass is 10.0. The average Bonchev–Trinajstić information content (AvgIpc) is 2.43. The summed E-state index contributed by atoms with van der Waals surface area (Å²) < 4.78 is 41.5. The Morgan fingerprint density at radius 2 is 2.19 bits per heavy atom. The number of carbonyl (C=O) groups is 1. The molecule has 6 nitrogen and oxygen atoms in total. The van der Waals surface area contributed by atoms with Gasteiger partial charge < -0.3 is 5.11 Å². The first-order valence-electron chi connectivity index (χ1n) is 6.25. The molecule has 1 aromatic carbocycles. The smallest absolute Gasteiger partial charge is 0.307 e. The van der Waals surface area contributed by atoms with Crippen LogP contribution in [0.5, 0.6) is 0 Å². The van der Waals surface area contributed by atoms with E-state index >= 15 is 0 Å². The van der Waals surface area contributed by atoms with Gasteiger partial charge in [-0.1, -0.05) is 0 Å². The predicted octanol–water partition coefficient (Wildman–Crippen LogP) is 2.04. The van der Waals surface area contributed by atoms with Crippen LogP contribution in [-0.4, -0.2) is 36.9 Å². The maximum absolute atomic E-state index is 13.2. The zero-order valence-electron chi connectivity index (χ0n) is 10.9. The molecular weight excluding hydrogens is 367 g/mol. The molecule has 1 heterocycles. The van der Waals surface area contributed by atoms with Crippen molar-refractivity contribution in [2.24, 2.45) is 5.92 Å². The normalized spacial score (nSPS) is 20.2. The second-order valence-electron chi connectivity index (χ2n) is 4.77. The first kappa shape index (κ1) is 16.2. The van der Waals surface area contributed by atoms with Gasteiger partial charge in [-0.15, -0.1) is 0 Å². The summed E-state index contributed by atoms with van der Waals surface area (Å²) in [7, 11) is -3.92. The molecule has 1 aliphatic rings. The van der Waals surface area contributed by atoms with E-state index in [-0.39, 0.29) is 18.8 Å². The minimum absolute atomic E-state index is 0.0763. The molecule has 1 atom stereocenters. The Hall–Kier alpha value is -1.19. The maximum Gasteiger partial charge on any atom is 0.307 e. The summed E-state index contributed by atoms with van der Waals surface area (Å²) in [5.41, 5.74) is 0.0763. The molecule has 0 amide bonds. The molecule has 9 heteroatoms. The van der Waals surface area contributed by atoms with Gasteiger partial charge in [0.15, 0.2) is 0 Å². The lowest BCUT2D eigenvalue weighted by molar-refractivity contribution is -0.142. The van der Waals surface area contributed by atoms with Gasteiger partial charge in [0.2, 0.25) is 0 Å². The maximum atomic E-state index is 13.2. The van der Waals surface area contributed by atoms with Gasteiger partial charge in [-0.3, -0.25) is 9.52 Å². The summed E-state index contributed by atoms with van der Waals surface area (Å²) in [5.74, 6) is -2.30. The number of rotatable bonds is 4. The van der Waals surface area contributed by atoms with Crippen LogP contribution in [0.25, 0.3) is 0 Å². The molecule has 21 heavy (non-hydrogen) atoms. The topological polar surface area (TPSA) is 86.7 Å². The molecule has 0 aromatic heterocycles. The third-order valence-corrected chi connectivity index (χ3v) is 5.42. The van der Waals surface area contributed by atoms with Crippen molar-refractivity contribution in [1.29, 1.82) is 0 Å². The fourth-order valence-electron chi connectivity index (χ4n) is 2.14. The van der Waals surface area contributed by atoms with Crippen LogP contribution in [0.3, 0.4) is 0 Å². The molecule has 0 spiro atoms. The Bertz CT molecular complexity index is 653. The van der Waals surface area contributed by atoms with Gasteiger partial charge in [-0.2, -0.15) is 12.7 Å². The molecule has 1 aliphatic heterocycles. The van der Waals surface area contributed by atoms with E-state index in [9.17, 15) is 17.6 Å². The second kappa shape index (κ2) is 6.29. The third-order valence-electron chi connectivity index (χ3n) is 3.24. The largest absolute Gasteiger partial charge is 0.481 e. The van der Waals surface area contributed by atoms with Crippen LogP contribution >= 0.6 is 15.9 Å². The van der Waals surface area contributed by atoms with Crippen molar-refractivity contribution in [3.8, 4) is 0 Å². The van der Waals surface area contributed by atoms with E-state index in [0.29, 0.717) is 17.3 Å². The van der Waals surface area contributed by atoms with Crippen LogP contribution in [0.15, 0.2) is 22.7 Å². The van der Waals surface area contributed by atoms with E-state index in [0.717, 1.165) is 10.4 Å². The molecule has 2 rings (SSSR count). The van der Waals surface area contributed by atoms with E-state index in [1.807, 2.05) is 0 Å². The number of piperidine rings is 1. The molecule has 0 radical (unpaired) electrons. The van der Waals surface area contributed by atoms with Crippen molar-refractivity contribution in [2.75, 3.05) is 17.8 Å². The van der Waals surface area contributed by atoms with Gasteiger partial charge in [0.05, 0.1) is 11.6 Å². The number of nitrogens with zero attached hydrogens (tertiary/aromatic N) is 1. The second-order valence-corrected chi connectivity index (χ2v) is 7.29. The monoisotopic (exact) mass is 380 g/mol. The molecule has 116 valence electrons. The number of benzene rings is 1. The quantitative estimate of drug-likeness (QED) is 0.836. The highest BCUT2D eigenvalue weighted by molar-refractivity contribution is 9.10. The number of hydrogen-bond donors (Lipinski definition) is 2. The third kappa shape index (κ3) is 3.92. The Kier molecular flexibility index (Phi) is 4.84. The Morgan fingerprint density at radius 3 is 2.86 bits per heavy atom. The van der Waals surface area contributed by atoms with Gasteiger partial charge in [0.25, 0.3) is 0 Å². The molecule has 1 aromatic rings. The number of carboxylic acids is 1. The fourth-order valence-corrected chi connectivity index (χ4v) is 3.94. The van der Waals surface area contributed by atoms with E-state index in [1.54, 1.807) is 0 Å². The van der Waals surface area contributed by atoms with E-state index in [1.165, 1.54) is 12.1 Å². The molecule has 1 saturated heterocycles. The van der Waals surface area contributed by atoms with Crippen molar-refractivity contribution < 1.29 is 22.7 Å². The lowest BCUT2D eigenvalue weighted by Crippen LogP contribution is -2.44. The van der Waals surface area contributed by atoms with Crippen molar-refractivity contribution >= 4 is 37.8 Å². The summed E-state index contributed by atoms with van der Waals surface area (Å²) in [5, 5.41) is 8.99. The summed E-state index contributed by atoms with van der Waals surface area (Å²) in [4.78, 5) is 11.0. The fraction of sp³-hybridized carbons (Fsp3) is 0.417. The van der Waals surface area contributed by atoms with Crippen LogP contribution < -0.4 is 4.72 Å². The van der Waals surface area contributed by atoms with E-state index in [2.05, 4.69) is 20.7 Å². The standard InChI is InChI=1S/C12H14BrFN2O4S/c13-10-4-3-9(14)6-11(10)15-21(19,20)16-5-1-2-8(7-16)12(17)18/h3-4,6,8,15H,1-2,5,7H2,(H,17,18). The van der Waals surface area contributed by atoms with E-state index in [4.69, 9.17) is 5.11 Å². The van der Waals surface area contributed by atoms with Gasteiger partial charge >= 0.3 is 16.2 Å². The van der Waals surface area contributed by atoms with Gasteiger partial charge in [0, 0.05) is 17.6 Å². The van der Waals surface area contributed by atoms with Crippen LogP contribution in [0.2, 0.25) is 0 Å². The van der Waals surface area contributed by atoms with Crippen LogP contribution in [0.4, 0.5) is 10.1 Å². The van der Waals surface area contributed by atoms with Crippen LogP contribution in [0.1, 0.15) is 12.8 Å². The van der Waals surface area contributed by atoms with E-state index < -0.39 is 27.9 Å². The summed E-state index contributed by atoms with van der Waals surface area (Å²) >= 11 is 3.14. The number of hydrogen-bond acceptors (Lipinski definition) is 3. The number of aliphatic carboxylic acids is 1. The molecule has 1 fully saturated rings. The molecule has 1 unspecified atom stereocenters. The predicted molar refractivity (Wildman–Crippen MR) is 78.6 cm³/mol. The number of carboxylic acid groups (broad SMARTS) is 1. The first-order chi connectivity index (χ1) is 9.79. The lowest BCUT2D eigenvalue weighted by Gasteiger charge is -2.30. The van der Waals surface area contributed by atoms with Crippen LogP contribution in [0, 0.1) is 11.7 Å². The number of nitrogens with one attached hydrogen (secondary N) is 1. The van der Waals surface area contributed by atoms with Gasteiger partial charge in [-0.25, -0.2) is 4.39 Å². The Balaban J connectivity index is 2.18. The minimum Gasteiger partial charge on any atom is -0.481 e. The summed E-state index contributed by atoms with van der Waals surface area (Å²) in [6.07, 6.45) is 0.924. The highest BCUT2D eigenvalue weighted by Gasteiger charge is 2.32. The molecule has 0 bridgehead atoms. The van der Waals surface area contributed by atoms with Crippen molar-refractivity contribution in [2.45, 2.75) is 12.8 Å². The van der Waals surface area contributed by atoms with Crippen molar-refractivity contribution in [3.63, 3.8) is 0 Å². The summed E-state index contributed by atoms with van der Waals surface area (Å²) in [6.45, 7) is 0.156. The molecule has 2 N–H and O–H groups in total.